The standard InChI is InChI=1S/C7H15NO3/c1-7(2,4-9)3-5(8)6(10)11/h5,9H,3-4,8H2,1-2H3,(H,10,11). The lowest BCUT2D eigenvalue weighted by atomic mass is 9.87. The van der Waals surface area contributed by atoms with Crippen molar-refractivity contribution in [2.24, 2.45) is 11.1 Å². The van der Waals surface area contributed by atoms with E-state index in [1.165, 1.54) is 0 Å². The molecule has 4 heteroatoms. The molecule has 66 valence electrons. The first-order valence-electron chi connectivity index (χ1n) is 3.48. The molecule has 0 radical (unpaired) electrons. The van der Waals surface area contributed by atoms with Crippen molar-refractivity contribution in [1.29, 1.82) is 0 Å². The van der Waals surface area contributed by atoms with E-state index in [1.807, 2.05) is 0 Å². The summed E-state index contributed by atoms with van der Waals surface area (Å²) in [5.74, 6) is -1.02. The van der Waals surface area contributed by atoms with Gasteiger partial charge in [0.15, 0.2) is 0 Å². The van der Waals surface area contributed by atoms with Gasteiger partial charge in [0.2, 0.25) is 0 Å². The monoisotopic (exact) mass is 161 g/mol. The van der Waals surface area contributed by atoms with Gasteiger partial charge in [-0.05, 0) is 11.8 Å². The Bertz CT molecular complexity index is 145. The third-order valence-electron chi connectivity index (χ3n) is 1.52. The Kier molecular flexibility index (Phi) is 3.48. The summed E-state index contributed by atoms with van der Waals surface area (Å²) in [4.78, 5) is 10.3. The van der Waals surface area contributed by atoms with Crippen LogP contribution in [0.25, 0.3) is 0 Å². The molecule has 0 fully saturated rings. The van der Waals surface area contributed by atoms with E-state index in [2.05, 4.69) is 0 Å². The Hall–Kier alpha value is -0.610. The molecule has 0 aliphatic heterocycles. The van der Waals surface area contributed by atoms with E-state index < -0.39 is 17.4 Å². The van der Waals surface area contributed by atoms with Crippen LogP contribution in [0.1, 0.15) is 20.3 Å². The highest BCUT2D eigenvalue weighted by atomic mass is 16.4. The van der Waals surface area contributed by atoms with Crippen molar-refractivity contribution in [1.82, 2.24) is 0 Å². The van der Waals surface area contributed by atoms with Gasteiger partial charge in [-0.2, -0.15) is 0 Å². The zero-order chi connectivity index (χ0) is 9.07. The molecule has 0 rings (SSSR count). The van der Waals surface area contributed by atoms with E-state index in [0.29, 0.717) is 6.42 Å². The smallest absolute Gasteiger partial charge is 0.320 e. The highest BCUT2D eigenvalue weighted by Crippen LogP contribution is 2.20. The van der Waals surface area contributed by atoms with Gasteiger partial charge in [-0.15, -0.1) is 0 Å². The molecule has 0 saturated heterocycles. The van der Waals surface area contributed by atoms with E-state index in [1.54, 1.807) is 13.8 Å². The van der Waals surface area contributed by atoms with Crippen molar-refractivity contribution in [2.75, 3.05) is 6.61 Å². The third kappa shape index (κ3) is 3.95. The van der Waals surface area contributed by atoms with Crippen molar-refractivity contribution >= 4 is 5.97 Å². The lowest BCUT2D eigenvalue weighted by Crippen LogP contribution is -2.36. The van der Waals surface area contributed by atoms with E-state index in [0.717, 1.165) is 0 Å². The van der Waals surface area contributed by atoms with Gasteiger partial charge in [0.1, 0.15) is 6.04 Å². The first kappa shape index (κ1) is 10.4. The lowest BCUT2D eigenvalue weighted by molar-refractivity contribution is -0.139. The average Bonchev–Trinajstić information content (AvgIpc) is 1.87. The van der Waals surface area contributed by atoms with E-state index in [-0.39, 0.29) is 6.61 Å². The highest BCUT2D eigenvalue weighted by Gasteiger charge is 2.23. The van der Waals surface area contributed by atoms with Crippen molar-refractivity contribution in [3.05, 3.63) is 0 Å². The second-order valence-corrected chi connectivity index (χ2v) is 3.47. The van der Waals surface area contributed by atoms with E-state index in [9.17, 15) is 4.79 Å². The van der Waals surface area contributed by atoms with Crippen LogP contribution in [-0.4, -0.2) is 28.8 Å². The molecule has 4 N–H and O–H groups in total. The quantitative estimate of drug-likeness (QED) is 0.533. The number of nitrogens with two attached hydrogens (primary N) is 1. The van der Waals surface area contributed by atoms with Gasteiger partial charge in [-0.3, -0.25) is 4.79 Å². The number of carboxylic acids is 1. The molecule has 11 heavy (non-hydrogen) atoms. The normalized spacial score (nSPS) is 14.5. The van der Waals surface area contributed by atoms with Crippen LogP contribution in [0.3, 0.4) is 0 Å². The Morgan fingerprint density at radius 3 is 2.36 bits per heavy atom. The average molecular weight is 161 g/mol. The summed E-state index contributed by atoms with van der Waals surface area (Å²) in [6, 6.07) is -0.878. The molecule has 0 amide bonds. The molecule has 0 aromatic carbocycles. The van der Waals surface area contributed by atoms with Crippen LogP contribution in [0.15, 0.2) is 0 Å². The predicted molar refractivity (Wildman–Crippen MR) is 41.1 cm³/mol. The maximum Gasteiger partial charge on any atom is 0.320 e. The number of aliphatic hydroxyl groups is 1. The Morgan fingerprint density at radius 1 is 1.64 bits per heavy atom. The van der Waals surface area contributed by atoms with Gasteiger partial charge in [-0.1, -0.05) is 13.8 Å². The summed E-state index contributed by atoms with van der Waals surface area (Å²) in [6.45, 7) is 3.50. The number of aliphatic carboxylic acids is 1. The van der Waals surface area contributed by atoms with Crippen LogP contribution in [0.5, 0.6) is 0 Å². The summed E-state index contributed by atoms with van der Waals surface area (Å²) >= 11 is 0. The Labute approximate surface area is 66.0 Å². The summed E-state index contributed by atoms with van der Waals surface area (Å²) in [5.41, 5.74) is 4.86. The van der Waals surface area contributed by atoms with Gasteiger partial charge < -0.3 is 15.9 Å². The van der Waals surface area contributed by atoms with E-state index >= 15 is 0 Å². The lowest BCUT2D eigenvalue weighted by Gasteiger charge is -2.23. The molecule has 0 bridgehead atoms. The van der Waals surface area contributed by atoms with Crippen molar-refractivity contribution < 1.29 is 15.0 Å². The summed E-state index contributed by atoms with van der Waals surface area (Å²) in [7, 11) is 0. The molecule has 1 atom stereocenters. The SMILES string of the molecule is CC(C)(CO)CC(N)C(=O)O. The fourth-order valence-corrected chi connectivity index (χ4v) is 0.747. The number of rotatable bonds is 4. The Morgan fingerprint density at radius 2 is 2.09 bits per heavy atom. The molecule has 4 nitrogen and oxygen atoms in total. The maximum absolute atomic E-state index is 10.3. The molecule has 0 aromatic rings. The van der Waals surface area contributed by atoms with Crippen LogP contribution in [-0.2, 0) is 4.79 Å². The van der Waals surface area contributed by atoms with Gasteiger partial charge in [0.25, 0.3) is 0 Å². The van der Waals surface area contributed by atoms with Gasteiger partial charge in [0.05, 0.1) is 0 Å². The Balaban J connectivity index is 3.93. The van der Waals surface area contributed by atoms with Crippen molar-refractivity contribution in [3.8, 4) is 0 Å². The molecule has 0 spiro atoms. The minimum absolute atomic E-state index is 0.0476. The molecule has 0 aliphatic carbocycles. The summed E-state index contributed by atoms with van der Waals surface area (Å²) < 4.78 is 0. The van der Waals surface area contributed by atoms with Crippen molar-refractivity contribution in [3.63, 3.8) is 0 Å². The zero-order valence-corrected chi connectivity index (χ0v) is 6.87. The third-order valence-corrected chi connectivity index (χ3v) is 1.52. The first-order chi connectivity index (χ1) is 4.89. The fraction of sp³-hybridized carbons (Fsp3) is 0.857. The summed E-state index contributed by atoms with van der Waals surface area (Å²) in [6.07, 6.45) is 0.291. The maximum atomic E-state index is 10.3. The topological polar surface area (TPSA) is 83.5 Å². The fourth-order valence-electron chi connectivity index (χ4n) is 0.747. The number of hydrogen-bond donors (Lipinski definition) is 3. The summed E-state index contributed by atoms with van der Waals surface area (Å²) in [5, 5.41) is 17.2. The number of aliphatic hydroxyl groups excluding tert-OH is 1. The largest absolute Gasteiger partial charge is 0.480 e. The first-order valence-corrected chi connectivity index (χ1v) is 3.48. The molecular formula is C7H15NO3. The molecular weight excluding hydrogens is 146 g/mol. The minimum Gasteiger partial charge on any atom is -0.480 e. The van der Waals surface area contributed by atoms with Crippen LogP contribution in [0.4, 0.5) is 0 Å². The van der Waals surface area contributed by atoms with Gasteiger partial charge >= 0.3 is 5.97 Å². The molecule has 0 heterocycles. The van der Waals surface area contributed by atoms with Crippen LogP contribution in [0, 0.1) is 5.41 Å². The highest BCUT2D eigenvalue weighted by molar-refractivity contribution is 5.73. The van der Waals surface area contributed by atoms with Crippen molar-refractivity contribution in [2.45, 2.75) is 26.3 Å². The second-order valence-electron chi connectivity index (χ2n) is 3.47. The predicted octanol–water partition coefficient (Wildman–Crippen LogP) is -0.193. The molecule has 0 saturated carbocycles. The zero-order valence-electron chi connectivity index (χ0n) is 6.87. The van der Waals surface area contributed by atoms with Crippen LogP contribution < -0.4 is 5.73 Å². The van der Waals surface area contributed by atoms with E-state index in [4.69, 9.17) is 15.9 Å². The number of carbonyl (C=O) groups is 1. The molecule has 1 unspecified atom stereocenters. The molecule has 0 aromatic heterocycles. The van der Waals surface area contributed by atoms with Crippen LogP contribution in [0.2, 0.25) is 0 Å². The number of carboxylic acid groups (broad SMARTS) is 1. The second kappa shape index (κ2) is 3.69. The molecule has 0 aliphatic rings. The minimum atomic E-state index is -1.02. The van der Waals surface area contributed by atoms with Gasteiger partial charge in [0, 0.05) is 6.61 Å². The van der Waals surface area contributed by atoms with Crippen LogP contribution >= 0.6 is 0 Å². The van der Waals surface area contributed by atoms with Gasteiger partial charge in [-0.25, -0.2) is 0 Å². The number of hydrogen-bond acceptors (Lipinski definition) is 3.